The maximum atomic E-state index is 13.2. The van der Waals surface area contributed by atoms with Gasteiger partial charge in [-0.15, -0.1) is 0 Å². The van der Waals surface area contributed by atoms with Crippen LogP contribution in [0.2, 0.25) is 5.02 Å². The molecular formula is C9H9ClFNO2. The van der Waals surface area contributed by atoms with E-state index in [9.17, 15) is 9.18 Å². The normalized spacial score (nSPS) is 12.3. The maximum absolute atomic E-state index is 13.2. The number of ether oxygens (including phenoxy) is 1. The first kappa shape index (κ1) is 10.9. The number of rotatable bonds is 2. The Bertz CT molecular complexity index is 357. The fourth-order valence-electron chi connectivity index (χ4n) is 1.01. The topological polar surface area (TPSA) is 52.3 Å². The lowest BCUT2D eigenvalue weighted by molar-refractivity contribution is -0.142. The quantitative estimate of drug-likeness (QED) is 0.767. The van der Waals surface area contributed by atoms with Crippen LogP contribution in [0.15, 0.2) is 18.2 Å². The Kier molecular flexibility index (Phi) is 3.43. The molecular weight excluding hydrogens is 209 g/mol. The zero-order chi connectivity index (χ0) is 10.7. The van der Waals surface area contributed by atoms with Crippen molar-refractivity contribution < 1.29 is 13.9 Å². The lowest BCUT2D eigenvalue weighted by atomic mass is 10.1. The maximum Gasteiger partial charge on any atom is 0.327 e. The second-order valence-corrected chi connectivity index (χ2v) is 3.10. The Balaban J connectivity index is 3.05. The van der Waals surface area contributed by atoms with Gasteiger partial charge < -0.3 is 10.5 Å². The summed E-state index contributed by atoms with van der Waals surface area (Å²) in [6, 6.07) is 2.70. The molecule has 1 aromatic rings. The number of hydrogen-bond donors (Lipinski definition) is 1. The van der Waals surface area contributed by atoms with Gasteiger partial charge in [0, 0.05) is 10.6 Å². The first-order valence-electron chi connectivity index (χ1n) is 3.84. The van der Waals surface area contributed by atoms with Crippen molar-refractivity contribution in [3.63, 3.8) is 0 Å². The lowest BCUT2D eigenvalue weighted by Crippen LogP contribution is -2.23. The molecule has 0 aromatic heterocycles. The summed E-state index contributed by atoms with van der Waals surface area (Å²) in [5.74, 6) is -1.28. The van der Waals surface area contributed by atoms with Gasteiger partial charge in [-0.1, -0.05) is 11.6 Å². The summed E-state index contributed by atoms with van der Waals surface area (Å²) in [5.41, 5.74) is 5.48. The minimum absolute atomic E-state index is 0.0318. The predicted octanol–water partition coefficient (Wildman–Crippen LogP) is 1.65. The lowest BCUT2D eigenvalue weighted by Gasteiger charge is -2.10. The van der Waals surface area contributed by atoms with Gasteiger partial charge in [0.15, 0.2) is 0 Å². The molecule has 14 heavy (non-hydrogen) atoms. The number of carbonyl (C=O) groups is 1. The Morgan fingerprint density at radius 1 is 1.64 bits per heavy atom. The molecule has 0 saturated heterocycles. The zero-order valence-electron chi connectivity index (χ0n) is 7.46. The SMILES string of the molecule is COC(=O)[C@H](N)c1cc(Cl)ccc1F. The van der Waals surface area contributed by atoms with E-state index >= 15 is 0 Å². The van der Waals surface area contributed by atoms with Gasteiger partial charge in [0.05, 0.1) is 7.11 Å². The summed E-state index contributed by atoms with van der Waals surface area (Å²) in [6.07, 6.45) is 0. The molecule has 3 nitrogen and oxygen atoms in total. The van der Waals surface area contributed by atoms with Crippen LogP contribution in [-0.4, -0.2) is 13.1 Å². The highest BCUT2D eigenvalue weighted by Crippen LogP contribution is 2.20. The Hall–Kier alpha value is -1.13. The standard InChI is InChI=1S/C9H9ClFNO2/c1-14-9(13)8(12)6-4-5(10)2-3-7(6)11/h2-4,8H,12H2,1H3/t8-/m1/s1. The Labute approximate surface area is 85.6 Å². The molecule has 1 rings (SSSR count). The van der Waals surface area contributed by atoms with E-state index in [2.05, 4.69) is 4.74 Å². The van der Waals surface area contributed by atoms with Gasteiger partial charge in [0.25, 0.3) is 0 Å². The number of esters is 1. The number of hydrogen-bond acceptors (Lipinski definition) is 3. The smallest absolute Gasteiger partial charge is 0.327 e. The monoisotopic (exact) mass is 217 g/mol. The van der Waals surface area contributed by atoms with Crippen molar-refractivity contribution in [1.29, 1.82) is 0 Å². The van der Waals surface area contributed by atoms with Gasteiger partial charge in [-0.05, 0) is 18.2 Å². The van der Waals surface area contributed by atoms with E-state index in [1.165, 1.54) is 19.2 Å². The first-order valence-corrected chi connectivity index (χ1v) is 4.22. The van der Waals surface area contributed by atoms with Crippen molar-refractivity contribution in [3.8, 4) is 0 Å². The van der Waals surface area contributed by atoms with E-state index in [4.69, 9.17) is 17.3 Å². The minimum Gasteiger partial charge on any atom is -0.468 e. The Morgan fingerprint density at radius 2 is 2.29 bits per heavy atom. The summed E-state index contributed by atoms with van der Waals surface area (Å²) in [4.78, 5) is 11.0. The third kappa shape index (κ3) is 2.21. The number of methoxy groups -OCH3 is 1. The van der Waals surface area contributed by atoms with Crippen LogP contribution in [0.5, 0.6) is 0 Å². The van der Waals surface area contributed by atoms with E-state index in [0.717, 1.165) is 6.07 Å². The van der Waals surface area contributed by atoms with E-state index in [-0.39, 0.29) is 5.56 Å². The van der Waals surface area contributed by atoms with Gasteiger partial charge >= 0.3 is 5.97 Å². The molecule has 0 unspecified atom stereocenters. The van der Waals surface area contributed by atoms with Gasteiger partial charge in [-0.25, -0.2) is 4.39 Å². The molecule has 0 fully saturated rings. The van der Waals surface area contributed by atoms with E-state index in [0.29, 0.717) is 5.02 Å². The van der Waals surface area contributed by atoms with Crippen molar-refractivity contribution in [2.75, 3.05) is 7.11 Å². The molecule has 5 heteroatoms. The third-order valence-electron chi connectivity index (χ3n) is 1.75. The number of halogens is 2. The summed E-state index contributed by atoms with van der Waals surface area (Å²) < 4.78 is 17.6. The average molecular weight is 218 g/mol. The molecule has 0 saturated carbocycles. The van der Waals surface area contributed by atoms with Crippen molar-refractivity contribution in [2.24, 2.45) is 5.73 Å². The van der Waals surface area contributed by atoms with Crippen molar-refractivity contribution in [2.45, 2.75) is 6.04 Å². The molecule has 0 aliphatic carbocycles. The van der Waals surface area contributed by atoms with Crippen LogP contribution in [0.3, 0.4) is 0 Å². The van der Waals surface area contributed by atoms with Gasteiger partial charge in [-0.2, -0.15) is 0 Å². The van der Waals surface area contributed by atoms with Crippen LogP contribution in [0, 0.1) is 5.82 Å². The van der Waals surface area contributed by atoms with Crippen molar-refractivity contribution in [3.05, 3.63) is 34.6 Å². The second kappa shape index (κ2) is 4.39. The van der Waals surface area contributed by atoms with Crippen LogP contribution in [0.25, 0.3) is 0 Å². The van der Waals surface area contributed by atoms with Gasteiger partial charge in [-0.3, -0.25) is 4.79 Å². The van der Waals surface area contributed by atoms with Gasteiger partial charge in [0.2, 0.25) is 0 Å². The zero-order valence-corrected chi connectivity index (χ0v) is 8.22. The highest BCUT2D eigenvalue weighted by molar-refractivity contribution is 6.30. The minimum atomic E-state index is -1.14. The molecule has 1 aromatic carbocycles. The first-order chi connectivity index (χ1) is 6.56. The second-order valence-electron chi connectivity index (χ2n) is 2.67. The molecule has 0 heterocycles. The van der Waals surface area contributed by atoms with E-state index < -0.39 is 17.8 Å². The van der Waals surface area contributed by atoms with Crippen LogP contribution in [-0.2, 0) is 9.53 Å². The largest absolute Gasteiger partial charge is 0.468 e. The number of benzene rings is 1. The Morgan fingerprint density at radius 3 is 2.86 bits per heavy atom. The summed E-state index contributed by atoms with van der Waals surface area (Å²) in [5, 5.41) is 0.320. The molecule has 0 radical (unpaired) electrons. The molecule has 1 atom stereocenters. The molecule has 0 bridgehead atoms. The fraction of sp³-hybridized carbons (Fsp3) is 0.222. The van der Waals surface area contributed by atoms with E-state index in [1.54, 1.807) is 0 Å². The summed E-state index contributed by atoms with van der Waals surface area (Å²) in [6.45, 7) is 0. The summed E-state index contributed by atoms with van der Waals surface area (Å²) in [7, 11) is 1.19. The molecule has 2 N–H and O–H groups in total. The predicted molar refractivity (Wildman–Crippen MR) is 50.4 cm³/mol. The van der Waals surface area contributed by atoms with Crippen LogP contribution in [0.1, 0.15) is 11.6 Å². The fourth-order valence-corrected chi connectivity index (χ4v) is 1.19. The van der Waals surface area contributed by atoms with Crippen LogP contribution in [0.4, 0.5) is 4.39 Å². The van der Waals surface area contributed by atoms with Crippen molar-refractivity contribution >= 4 is 17.6 Å². The van der Waals surface area contributed by atoms with Crippen LogP contribution < -0.4 is 5.73 Å². The number of nitrogens with two attached hydrogens (primary N) is 1. The molecule has 76 valence electrons. The molecule has 0 aliphatic heterocycles. The van der Waals surface area contributed by atoms with E-state index in [1.807, 2.05) is 0 Å². The van der Waals surface area contributed by atoms with Crippen molar-refractivity contribution in [1.82, 2.24) is 0 Å². The average Bonchev–Trinajstić information content (AvgIpc) is 2.19. The summed E-state index contributed by atoms with van der Waals surface area (Å²) >= 11 is 5.63. The molecule has 0 spiro atoms. The van der Waals surface area contributed by atoms with Gasteiger partial charge in [0.1, 0.15) is 11.9 Å². The third-order valence-corrected chi connectivity index (χ3v) is 1.98. The highest BCUT2D eigenvalue weighted by atomic mass is 35.5. The highest BCUT2D eigenvalue weighted by Gasteiger charge is 2.19. The number of carbonyl (C=O) groups excluding carboxylic acids is 1. The molecule has 0 amide bonds. The van der Waals surface area contributed by atoms with Crippen LogP contribution >= 0.6 is 11.6 Å². The molecule has 0 aliphatic rings.